The predicted molar refractivity (Wildman–Crippen MR) is 108 cm³/mol. The highest BCUT2D eigenvalue weighted by molar-refractivity contribution is 5.78. The maximum absolute atomic E-state index is 12.6. The lowest BCUT2D eigenvalue weighted by atomic mass is 10.1. The summed E-state index contributed by atoms with van der Waals surface area (Å²) in [6.07, 6.45) is 0. The summed E-state index contributed by atoms with van der Waals surface area (Å²) >= 11 is 0. The zero-order valence-corrected chi connectivity index (χ0v) is 17.4. The second kappa shape index (κ2) is 9.30. The quantitative estimate of drug-likeness (QED) is 0.729. The van der Waals surface area contributed by atoms with E-state index in [0.717, 1.165) is 37.6 Å². The molecule has 0 unspecified atom stereocenters. The molecule has 1 amide bonds. The molecule has 1 aromatic heterocycles. The highest BCUT2D eigenvalue weighted by Crippen LogP contribution is 2.13. The van der Waals surface area contributed by atoms with E-state index in [-0.39, 0.29) is 11.8 Å². The average molecular weight is 386 g/mol. The topological polar surface area (TPSA) is 65.7 Å². The van der Waals surface area contributed by atoms with Gasteiger partial charge in [-0.3, -0.25) is 14.6 Å². The Hall–Kier alpha value is -2.25. The Balaban J connectivity index is 1.41. The first-order chi connectivity index (χ1) is 13.4. The molecule has 7 nitrogen and oxygen atoms in total. The number of carbonyl (C=O) groups is 1. The van der Waals surface area contributed by atoms with Gasteiger partial charge < -0.3 is 9.42 Å². The summed E-state index contributed by atoms with van der Waals surface area (Å²) < 4.78 is 5.34. The highest BCUT2D eigenvalue weighted by Gasteiger charge is 2.22. The summed E-state index contributed by atoms with van der Waals surface area (Å²) in [7, 11) is 1.88. The van der Waals surface area contributed by atoms with Gasteiger partial charge in [0, 0.05) is 45.7 Å². The SMILES string of the molecule is Cc1ccc(CN(C)C(=O)CN2CCN(Cc3nc(C(C)C)no3)CC2)cc1. The number of piperazine rings is 1. The number of benzene rings is 1. The van der Waals surface area contributed by atoms with E-state index in [4.69, 9.17) is 4.52 Å². The first-order valence-electron chi connectivity index (χ1n) is 9.97. The molecule has 2 heterocycles. The first kappa shape index (κ1) is 20.5. The van der Waals surface area contributed by atoms with E-state index in [1.54, 1.807) is 0 Å². The van der Waals surface area contributed by atoms with Crippen LogP contribution >= 0.6 is 0 Å². The zero-order chi connectivity index (χ0) is 20.1. The maximum atomic E-state index is 12.6. The molecule has 0 N–H and O–H groups in total. The predicted octanol–water partition coefficient (Wildman–Crippen LogP) is 2.28. The molecule has 0 saturated carbocycles. The van der Waals surface area contributed by atoms with Crippen LogP contribution in [-0.2, 0) is 17.9 Å². The minimum absolute atomic E-state index is 0.160. The number of nitrogens with zero attached hydrogens (tertiary/aromatic N) is 5. The largest absolute Gasteiger partial charge is 0.340 e. The third-order valence-electron chi connectivity index (χ3n) is 5.15. The van der Waals surface area contributed by atoms with Gasteiger partial charge in [-0.05, 0) is 12.5 Å². The Kier molecular flexibility index (Phi) is 6.80. The van der Waals surface area contributed by atoms with Gasteiger partial charge in [0.2, 0.25) is 11.8 Å². The molecule has 0 radical (unpaired) electrons. The van der Waals surface area contributed by atoms with Crippen molar-refractivity contribution in [3.05, 3.63) is 47.1 Å². The first-order valence-corrected chi connectivity index (χ1v) is 9.97. The van der Waals surface area contributed by atoms with Crippen molar-refractivity contribution in [1.82, 2.24) is 24.8 Å². The van der Waals surface area contributed by atoms with Crippen molar-refractivity contribution >= 4 is 5.91 Å². The molecule has 1 fully saturated rings. The second-order valence-corrected chi connectivity index (χ2v) is 7.99. The number of hydrogen-bond donors (Lipinski definition) is 0. The van der Waals surface area contributed by atoms with Crippen molar-refractivity contribution in [2.75, 3.05) is 39.8 Å². The summed E-state index contributed by atoms with van der Waals surface area (Å²) in [4.78, 5) is 23.3. The van der Waals surface area contributed by atoms with Crippen LogP contribution in [0.4, 0.5) is 0 Å². The summed E-state index contributed by atoms with van der Waals surface area (Å²) in [6, 6.07) is 8.33. The fraction of sp³-hybridized carbons (Fsp3) is 0.571. The van der Waals surface area contributed by atoms with Gasteiger partial charge in [-0.2, -0.15) is 4.98 Å². The van der Waals surface area contributed by atoms with E-state index in [0.29, 0.717) is 25.5 Å². The Labute approximate surface area is 167 Å². The maximum Gasteiger partial charge on any atom is 0.240 e. The third-order valence-corrected chi connectivity index (χ3v) is 5.15. The van der Waals surface area contributed by atoms with Crippen LogP contribution in [0.3, 0.4) is 0 Å². The number of carbonyl (C=O) groups excluding carboxylic acids is 1. The normalized spacial score (nSPS) is 15.9. The molecule has 0 aliphatic carbocycles. The molecule has 7 heteroatoms. The zero-order valence-electron chi connectivity index (χ0n) is 17.4. The van der Waals surface area contributed by atoms with E-state index in [1.165, 1.54) is 5.56 Å². The van der Waals surface area contributed by atoms with Crippen LogP contribution in [-0.4, -0.2) is 70.5 Å². The lowest BCUT2D eigenvalue weighted by molar-refractivity contribution is -0.132. The van der Waals surface area contributed by atoms with Crippen LogP contribution in [0.1, 0.15) is 42.6 Å². The molecule has 0 spiro atoms. The minimum Gasteiger partial charge on any atom is -0.340 e. The van der Waals surface area contributed by atoms with Crippen molar-refractivity contribution in [1.29, 1.82) is 0 Å². The van der Waals surface area contributed by atoms with Crippen LogP contribution in [0, 0.1) is 6.92 Å². The molecule has 1 saturated heterocycles. The van der Waals surface area contributed by atoms with Gasteiger partial charge in [0.15, 0.2) is 5.82 Å². The molecule has 1 aromatic carbocycles. The molecule has 1 aliphatic heterocycles. The Bertz CT molecular complexity index is 763. The van der Waals surface area contributed by atoms with Crippen molar-refractivity contribution in [3.63, 3.8) is 0 Å². The van der Waals surface area contributed by atoms with Crippen molar-refractivity contribution in [3.8, 4) is 0 Å². The van der Waals surface area contributed by atoms with Crippen LogP contribution in [0.15, 0.2) is 28.8 Å². The van der Waals surface area contributed by atoms with Gasteiger partial charge in [0.25, 0.3) is 0 Å². The molecule has 2 aromatic rings. The van der Waals surface area contributed by atoms with E-state index in [2.05, 4.69) is 65.0 Å². The van der Waals surface area contributed by atoms with Crippen LogP contribution in [0.25, 0.3) is 0 Å². The molecular weight excluding hydrogens is 354 g/mol. The standard InChI is InChI=1S/C21H31N5O2/c1-16(2)21-22-19(28-23-21)14-25-9-11-26(12-10-25)15-20(27)24(4)13-18-7-5-17(3)6-8-18/h5-8,16H,9-15H2,1-4H3. The lowest BCUT2D eigenvalue weighted by Crippen LogP contribution is -2.49. The van der Waals surface area contributed by atoms with Gasteiger partial charge in [-0.15, -0.1) is 0 Å². The Morgan fingerprint density at radius 2 is 1.79 bits per heavy atom. The van der Waals surface area contributed by atoms with Crippen molar-refractivity contribution < 1.29 is 9.32 Å². The van der Waals surface area contributed by atoms with E-state index in [1.807, 2.05) is 11.9 Å². The molecule has 152 valence electrons. The fourth-order valence-electron chi connectivity index (χ4n) is 3.23. The number of hydrogen-bond acceptors (Lipinski definition) is 6. The number of rotatable bonds is 7. The van der Waals surface area contributed by atoms with Crippen LogP contribution in [0.5, 0.6) is 0 Å². The van der Waals surface area contributed by atoms with Crippen molar-refractivity contribution in [2.45, 2.75) is 39.8 Å². The summed E-state index contributed by atoms with van der Waals surface area (Å²) in [6.45, 7) is 11.5. The van der Waals surface area contributed by atoms with E-state index in [9.17, 15) is 4.79 Å². The monoisotopic (exact) mass is 385 g/mol. The van der Waals surface area contributed by atoms with Gasteiger partial charge in [0.05, 0.1) is 13.1 Å². The lowest BCUT2D eigenvalue weighted by Gasteiger charge is -2.34. The smallest absolute Gasteiger partial charge is 0.240 e. The Morgan fingerprint density at radius 3 is 2.39 bits per heavy atom. The number of likely N-dealkylation sites (N-methyl/N-ethyl adjacent to an activating group) is 1. The Morgan fingerprint density at radius 1 is 1.14 bits per heavy atom. The number of aromatic nitrogens is 2. The van der Waals surface area contributed by atoms with Gasteiger partial charge >= 0.3 is 0 Å². The molecule has 0 atom stereocenters. The molecular formula is C21H31N5O2. The summed E-state index contributed by atoms with van der Waals surface area (Å²) in [5, 5.41) is 4.02. The van der Waals surface area contributed by atoms with Crippen LogP contribution in [0.2, 0.25) is 0 Å². The fourth-order valence-corrected chi connectivity index (χ4v) is 3.23. The summed E-state index contributed by atoms with van der Waals surface area (Å²) in [5.74, 6) is 1.87. The number of amides is 1. The second-order valence-electron chi connectivity index (χ2n) is 7.99. The highest BCUT2D eigenvalue weighted by atomic mass is 16.5. The molecule has 28 heavy (non-hydrogen) atoms. The van der Waals surface area contributed by atoms with Gasteiger partial charge in [0.1, 0.15) is 0 Å². The average Bonchev–Trinajstić information content (AvgIpc) is 3.14. The minimum atomic E-state index is 0.160. The molecule has 0 bridgehead atoms. The van der Waals surface area contributed by atoms with E-state index >= 15 is 0 Å². The van der Waals surface area contributed by atoms with Gasteiger partial charge in [-0.1, -0.05) is 48.8 Å². The molecule has 1 aliphatic rings. The third kappa shape index (κ3) is 5.62. The van der Waals surface area contributed by atoms with Crippen molar-refractivity contribution in [2.24, 2.45) is 0 Å². The van der Waals surface area contributed by atoms with Crippen LogP contribution < -0.4 is 0 Å². The van der Waals surface area contributed by atoms with E-state index < -0.39 is 0 Å². The van der Waals surface area contributed by atoms with Gasteiger partial charge in [-0.25, -0.2) is 0 Å². The summed E-state index contributed by atoms with van der Waals surface area (Å²) in [5.41, 5.74) is 2.39. The number of aryl methyl sites for hydroxylation is 1. The molecule has 3 rings (SSSR count).